The lowest BCUT2D eigenvalue weighted by Crippen LogP contribution is -2.28. The van der Waals surface area contributed by atoms with Crippen LogP contribution in [-0.4, -0.2) is 22.6 Å². The van der Waals surface area contributed by atoms with Gasteiger partial charge in [0.15, 0.2) is 0 Å². The van der Waals surface area contributed by atoms with E-state index in [4.69, 9.17) is 34.4 Å². The maximum Gasteiger partial charge on any atom is 0.294 e. The van der Waals surface area contributed by atoms with Gasteiger partial charge < -0.3 is 4.74 Å². The lowest BCUT2D eigenvalue weighted by atomic mass is 10.2. The van der Waals surface area contributed by atoms with Gasteiger partial charge in [-0.25, -0.2) is 0 Å². The summed E-state index contributed by atoms with van der Waals surface area (Å²) < 4.78 is 5.72. The molecule has 1 heterocycles. The monoisotopic (exact) mass is 417 g/mol. The number of hydrogen-bond acceptors (Lipinski definition) is 4. The van der Waals surface area contributed by atoms with E-state index in [1.807, 2.05) is 12.1 Å². The van der Waals surface area contributed by atoms with Crippen LogP contribution in [0.1, 0.15) is 11.1 Å². The first kappa shape index (κ1) is 19.4. The van der Waals surface area contributed by atoms with Gasteiger partial charge in [0.1, 0.15) is 12.4 Å². The van der Waals surface area contributed by atoms with Crippen LogP contribution in [0.15, 0.2) is 47.4 Å². The molecule has 3 rings (SSSR count). The molecule has 7 heteroatoms. The molecule has 0 radical (unpaired) electrons. The Morgan fingerprint density at radius 1 is 1.15 bits per heavy atom. The van der Waals surface area contributed by atoms with Crippen molar-refractivity contribution in [1.82, 2.24) is 4.90 Å². The van der Waals surface area contributed by atoms with Gasteiger partial charge in [-0.15, -0.1) is 6.42 Å². The number of carbonyl (C=O) groups excluding carboxylic acids is 2. The first-order chi connectivity index (χ1) is 13.0. The minimum atomic E-state index is -0.401. The van der Waals surface area contributed by atoms with Crippen molar-refractivity contribution < 1.29 is 14.3 Å². The number of hydrogen-bond donors (Lipinski definition) is 0. The number of amides is 2. The highest BCUT2D eigenvalue weighted by Gasteiger charge is 2.34. The maximum absolute atomic E-state index is 12.2. The maximum atomic E-state index is 12.2. The van der Waals surface area contributed by atoms with E-state index < -0.39 is 5.91 Å². The Balaban J connectivity index is 1.71. The number of nitrogens with zero attached hydrogens (tertiary/aromatic N) is 1. The van der Waals surface area contributed by atoms with E-state index in [1.165, 1.54) is 0 Å². The topological polar surface area (TPSA) is 46.6 Å². The second-order valence-electron chi connectivity index (χ2n) is 5.58. The molecule has 1 aliphatic heterocycles. The molecule has 2 amide bonds. The van der Waals surface area contributed by atoms with Gasteiger partial charge in [-0.1, -0.05) is 47.3 Å². The summed E-state index contributed by atoms with van der Waals surface area (Å²) in [7, 11) is 0. The molecule has 27 heavy (non-hydrogen) atoms. The normalized spacial score (nSPS) is 15.3. The number of imide groups is 1. The van der Waals surface area contributed by atoms with Gasteiger partial charge in [0.2, 0.25) is 0 Å². The number of benzene rings is 2. The predicted octanol–water partition coefficient (Wildman–Crippen LogP) is 5.24. The van der Waals surface area contributed by atoms with Crippen molar-refractivity contribution in [2.45, 2.75) is 6.61 Å². The minimum absolute atomic E-state index is 0.0414. The highest BCUT2D eigenvalue weighted by molar-refractivity contribution is 8.18. The van der Waals surface area contributed by atoms with Crippen LogP contribution in [0.25, 0.3) is 6.08 Å². The highest BCUT2D eigenvalue weighted by Crippen LogP contribution is 2.33. The Morgan fingerprint density at radius 3 is 2.56 bits per heavy atom. The van der Waals surface area contributed by atoms with E-state index in [0.717, 1.165) is 22.2 Å². The summed E-state index contributed by atoms with van der Waals surface area (Å²) in [5.74, 6) is 2.42. The zero-order valence-corrected chi connectivity index (χ0v) is 16.3. The van der Waals surface area contributed by atoms with Crippen molar-refractivity contribution >= 4 is 52.2 Å². The summed E-state index contributed by atoms with van der Waals surface area (Å²) in [6.07, 6.45) is 6.79. The third kappa shape index (κ3) is 4.67. The van der Waals surface area contributed by atoms with Crippen LogP contribution in [-0.2, 0) is 11.4 Å². The number of terminal acetylenes is 1. The van der Waals surface area contributed by atoms with Crippen LogP contribution in [0.2, 0.25) is 10.0 Å². The van der Waals surface area contributed by atoms with Gasteiger partial charge >= 0.3 is 0 Å². The number of ether oxygens (including phenoxy) is 1. The number of carbonyl (C=O) groups is 2. The van der Waals surface area contributed by atoms with Crippen molar-refractivity contribution in [1.29, 1.82) is 0 Å². The fraction of sp³-hybridized carbons (Fsp3) is 0.100. The largest absolute Gasteiger partial charge is 0.487 e. The summed E-state index contributed by atoms with van der Waals surface area (Å²) in [5.41, 5.74) is 1.65. The van der Waals surface area contributed by atoms with Crippen molar-refractivity contribution in [2.24, 2.45) is 0 Å². The SMILES string of the molecule is C#CCN1C(=O)SC(=Cc2ccc(OCc3ccc(Cl)cc3)c(Cl)c2)C1=O. The third-order valence-electron chi connectivity index (χ3n) is 3.68. The molecule has 136 valence electrons. The molecule has 2 aromatic rings. The second kappa shape index (κ2) is 8.53. The average Bonchev–Trinajstić information content (AvgIpc) is 2.90. The quantitative estimate of drug-likeness (QED) is 0.492. The van der Waals surface area contributed by atoms with E-state index >= 15 is 0 Å². The summed E-state index contributed by atoms with van der Waals surface area (Å²) in [6, 6.07) is 12.5. The summed E-state index contributed by atoms with van der Waals surface area (Å²) in [4.78, 5) is 25.3. The molecule has 1 aliphatic rings. The molecule has 2 aromatic carbocycles. The molecule has 1 fully saturated rings. The fourth-order valence-corrected chi connectivity index (χ4v) is 3.55. The summed E-state index contributed by atoms with van der Waals surface area (Å²) in [6.45, 7) is 0.307. The molecule has 0 saturated carbocycles. The number of rotatable bonds is 5. The summed E-state index contributed by atoms with van der Waals surface area (Å²) in [5, 5.41) is 0.687. The molecular weight excluding hydrogens is 405 g/mol. The molecule has 0 atom stereocenters. The molecule has 0 unspecified atom stereocenters. The Labute approximate surface area is 171 Å². The lowest BCUT2D eigenvalue weighted by Gasteiger charge is -2.09. The second-order valence-corrected chi connectivity index (χ2v) is 7.41. The zero-order valence-electron chi connectivity index (χ0n) is 13.9. The van der Waals surface area contributed by atoms with Crippen LogP contribution < -0.4 is 4.74 Å². The van der Waals surface area contributed by atoms with E-state index in [2.05, 4.69) is 5.92 Å². The average molecular weight is 418 g/mol. The van der Waals surface area contributed by atoms with Crippen molar-refractivity contribution in [3.05, 3.63) is 68.5 Å². The Kier molecular flexibility index (Phi) is 6.12. The molecule has 0 N–H and O–H groups in total. The fourth-order valence-electron chi connectivity index (χ4n) is 2.34. The van der Waals surface area contributed by atoms with Crippen molar-refractivity contribution in [2.75, 3.05) is 6.54 Å². The first-order valence-electron chi connectivity index (χ1n) is 7.83. The smallest absolute Gasteiger partial charge is 0.294 e. The van der Waals surface area contributed by atoms with Gasteiger partial charge in [0, 0.05) is 5.02 Å². The summed E-state index contributed by atoms with van der Waals surface area (Å²) >= 11 is 13.0. The van der Waals surface area contributed by atoms with Gasteiger partial charge in [-0.05, 0) is 53.2 Å². The minimum Gasteiger partial charge on any atom is -0.487 e. The number of thioether (sulfide) groups is 1. The van der Waals surface area contributed by atoms with Crippen molar-refractivity contribution in [3.63, 3.8) is 0 Å². The van der Waals surface area contributed by atoms with E-state index in [0.29, 0.717) is 32.9 Å². The van der Waals surface area contributed by atoms with E-state index in [1.54, 1.807) is 36.4 Å². The lowest BCUT2D eigenvalue weighted by molar-refractivity contribution is -0.122. The first-order valence-corrected chi connectivity index (χ1v) is 9.41. The van der Waals surface area contributed by atoms with Crippen LogP contribution in [0.4, 0.5) is 4.79 Å². The van der Waals surface area contributed by atoms with Gasteiger partial charge in [0.05, 0.1) is 16.5 Å². The predicted molar refractivity (Wildman–Crippen MR) is 109 cm³/mol. The van der Waals surface area contributed by atoms with Gasteiger partial charge in [-0.3, -0.25) is 14.5 Å². The molecule has 0 aromatic heterocycles. The van der Waals surface area contributed by atoms with Crippen LogP contribution in [0.3, 0.4) is 0 Å². The highest BCUT2D eigenvalue weighted by atomic mass is 35.5. The van der Waals surface area contributed by atoms with Crippen LogP contribution in [0, 0.1) is 12.3 Å². The molecule has 0 aliphatic carbocycles. The van der Waals surface area contributed by atoms with Crippen LogP contribution in [0.5, 0.6) is 5.75 Å². The molecule has 4 nitrogen and oxygen atoms in total. The molecule has 0 bridgehead atoms. The van der Waals surface area contributed by atoms with Crippen molar-refractivity contribution in [3.8, 4) is 18.1 Å². The van der Waals surface area contributed by atoms with Crippen LogP contribution >= 0.6 is 35.0 Å². The Hall–Kier alpha value is -2.39. The van der Waals surface area contributed by atoms with Gasteiger partial charge in [0.25, 0.3) is 11.1 Å². The Bertz CT molecular complexity index is 964. The molecule has 0 spiro atoms. The van der Waals surface area contributed by atoms with E-state index in [-0.39, 0.29) is 11.8 Å². The standard InChI is InChI=1S/C20H13Cl2NO3S/c1-2-9-23-19(24)18(27-20(23)25)11-14-5-8-17(16(22)10-14)26-12-13-3-6-15(21)7-4-13/h1,3-8,10-11H,9,12H2. The molecular formula is C20H13Cl2NO3S. The molecule has 1 saturated heterocycles. The third-order valence-corrected chi connectivity index (χ3v) is 5.14. The zero-order chi connectivity index (χ0) is 19.4. The number of halogens is 2. The van der Waals surface area contributed by atoms with E-state index in [9.17, 15) is 9.59 Å². The Morgan fingerprint density at radius 2 is 1.89 bits per heavy atom. The van der Waals surface area contributed by atoms with Gasteiger partial charge in [-0.2, -0.15) is 0 Å².